The Bertz CT molecular complexity index is 620. The number of halogens is 1. The minimum atomic E-state index is 0.0779. The van der Waals surface area contributed by atoms with Gasteiger partial charge in [0.05, 0.1) is 0 Å². The molecule has 0 unspecified atom stereocenters. The van der Waals surface area contributed by atoms with Crippen molar-refractivity contribution in [1.82, 2.24) is 0 Å². The van der Waals surface area contributed by atoms with Crippen LogP contribution in [0.25, 0.3) is 0 Å². The largest absolute Gasteiger partial charge is 0.326 e. The SMILES string of the molecule is Cc1cccc(C)c1NC(=O)CCCSc1ccc(Cl)cc1. The molecule has 0 radical (unpaired) electrons. The Balaban J connectivity index is 1.75. The van der Waals surface area contributed by atoms with Crippen molar-refractivity contribution in [3.63, 3.8) is 0 Å². The summed E-state index contributed by atoms with van der Waals surface area (Å²) in [6.45, 7) is 4.03. The number of carbonyl (C=O) groups excluding carboxylic acids is 1. The Morgan fingerprint density at radius 1 is 1.09 bits per heavy atom. The van der Waals surface area contributed by atoms with Crippen LogP contribution >= 0.6 is 23.4 Å². The molecule has 0 bridgehead atoms. The molecule has 0 atom stereocenters. The fraction of sp³-hybridized carbons (Fsp3) is 0.278. The summed E-state index contributed by atoms with van der Waals surface area (Å²) in [5, 5.41) is 3.77. The molecule has 0 saturated heterocycles. The molecule has 0 aliphatic carbocycles. The number of aryl methyl sites for hydroxylation is 2. The van der Waals surface area contributed by atoms with Crippen LogP contribution < -0.4 is 5.32 Å². The average Bonchev–Trinajstić information content (AvgIpc) is 2.49. The smallest absolute Gasteiger partial charge is 0.224 e. The third kappa shape index (κ3) is 5.08. The number of anilines is 1. The molecular weight excluding hydrogens is 314 g/mol. The summed E-state index contributed by atoms with van der Waals surface area (Å²) in [7, 11) is 0. The number of rotatable bonds is 6. The number of para-hydroxylation sites is 1. The molecule has 1 amide bonds. The van der Waals surface area contributed by atoms with Gasteiger partial charge in [0.15, 0.2) is 0 Å². The lowest BCUT2D eigenvalue weighted by atomic mass is 10.1. The quantitative estimate of drug-likeness (QED) is 0.561. The van der Waals surface area contributed by atoms with E-state index in [0.717, 1.165) is 34.0 Å². The number of nitrogens with one attached hydrogen (secondary N) is 1. The summed E-state index contributed by atoms with van der Waals surface area (Å²) in [4.78, 5) is 13.2. The Labute approximate surface area is 141 Å². The second kappa shape index (κ2) is 8.25. The monoisotopic (exact) mass is 333 g/mol. The molecule has 22 heavy (non-hydrogen) atoms. The van der Waals surface area contributed by atoms with Crippen molar-refractivity contribution in [3.8, 4) is 0 Å². The van der Waals surface area contributed by atoms with Gasteiger partial charge < -0.3 is 5.32 Å². The van der Waals surface area contributed by atoms with E-state index < -0.39 is 0 Å². The van der Waals surface area contributed by atoms with Gasteiger partial charge in [0, 0.05) is 22.0 Å². The van der Waals surface area contributed by atoms with Crippen molar-refractivity contribution in [1.29, 1.82) is 0 Å². The summed E-state index contributed by atoms with van der Waals surface area (Å²) in [5.74, 6) is 0.996. The fourth-order valence-corrected chi connectivity index (χ4v) is 3.15. The van der Waals surface area contributed by atoms with Crippen molar-refractivity contribution < 1.29 is 4.79 Å². The minimum absolute atomic E-state index is 0.0779. The zero-order valence-corrected chi connectivity index (χ0v) is 14.4. The van der Waals surface area contributed by atoms with Crippen molar-refractivity contribution >= 4 is 35.0 Å². The van der Waals surface area contributed by atoms with Gasteiger partial charge in [-0.05, 0) is 61.4 Å². The maximum absolute atomic E-state index is 12.0. The first-order chi connectivity index (χ1) is 10.6. The highest BCUT2D eigenvalue weighted by Gasteiger charge is 2.07. The van der Waals surface area contributed by atoms with Crippen LogP contribution in [0.1, 0.15) is 24.0 Å². The van der Waals surface area contributed by atoms with E-state index in [-0.39, 0.29) is 5.91 Å². The molecule has 4 heteroatoms. The van der Waals surface area contributed by atoms with E-state index in [1.165, 1.54) is 4.90 Å². The van der Waals surface area contributed by atoms with Gasteiger partial charge in [-0.15, -0.1) is 11.8 Å². The predicted molar refractivity (Wildman–Crippen MR) is 96.0 cm³/mol. The summed E-state index contributed by atoms with van der Waals surface area (Å²) in [6.07, 6.45) is 1.39. The van der Waals surface area contributed by atoms with E-state index in [1.54, 1.807) is 11.8 Å². The van der Waals surface area contributed by atoms with Crippen LogP contribution in [0.3, 0.4) is 0 Å². The normalized spacial score (nSPS) is 10.5. The summed E-state index contributed by atoms with van der Waals surface area (Å²) in [6, 6.07) is 13.8. The van der Waals surface area contributed by atoms with Gasteiger partial charge in [-0.25, -0.2) is 0 Å². The summed E-state index contributed by atoms with van der Waals surface area (Å²) in [5.41, 5.74) is 3.14. The van der Waals surface area contributed by atoms with E-state index in [0.29, 0.717) is 6.42 Å². The third-order valence-electron chi connectivity index (χ3n) is 3.38. The molecule has 0 fully saturated rings. The van der Waals surface area contributed by atoms with Crippen molar-refractivity contribution in [3.05, 3.63) is 58.6 Å². The van der Waals surface area contributed by atoms with Gasteiger partial charge in [0.25, 0.3) is 0 Å². The Kier molecular flexibility index (Phi) is 6.34. The Morgan fingerprint density at radius 3 is 2.36 bits per heavy atom. The van der Waals surface area contributed by atoms with Crippen LogP contribution in [0.2, 0.25) is 5.02 Å². The lowest BCUT2D eigenvalue weighted by molar-refractivity contribution is -0.116. The second-order valence-corrected chi connectivity index (χ2v) is 6.83. The lowest BCUT2D eigenvalue weighted by Crippen LogP contribution is -2.13. The molecule has 1 N–H and O–H groups in total. The maximum atomic E-state index is 12.0. The first-order valence-electron chi connectivity index (χ1n) is 7.30. The molecule has 0 aromatic heterocycles. The number of hydrogen-bond acceptors (Lipinski definition) is 2. The number of benzene rings is 2. The molecular formula is C18H20ClNOS. The van der Waals surface area contributed by atoms with Crippen LogP contribution in [-0.4, -0.2) is 11.7 Å². The number of thioether (sulfide) groups is 1. The van der Waals surface area contributed by atoms with Crippen LogP contribution in [0.4, 0.5) is 5.69 Å². The van der Waals surface area contributed by atoms with E-state index in [9.17, 15) is 4.79 Å². The molecule has 2 aromatic rings. The standard InChI is InChI=1S/C18H20ClNOS/c1-13-5-3-6-14(2)18(13)20-17(21)7-4-12-22-16-10-8-15(19)9-11-16/h3,5-6,8-11H,4,7,12H2,1-2H3,(H,20,21). The van der Waals surface area contributed by atoms with Crippen molar-refractivity contribution in [2.45, 2.75) is 31.6 Å². The first-order valence-corrected chi connectivity index (χ1v) is 8.67. The maximum Gasteiger partial charge on any atom is 0.224 e. The van der Waals surface area contributed by atoms with E-state index in [2.05, 4.69) is 5.32 Å². The van der Waals surface area contributed by atoms with Crippen molar-refractivity contribution in [2.75, 3.05) is 11.1 Å². The highest BCUT2D eigenvalue weighted by atomic mass is 35.5. The molecule has 0 aliphatic rings. The Morgan fingerprint density at radius 2 is 1.73 bits per heavy atom. The van der Waals surface area contributed by atoms with E-state index in [1.807, 2.05) is 56.3 Å². The molecule has 0 heterocycles. The fourth-order valence-electron chi connectivity index (χ4n) is 2.17. The van der Waals surface area contributed by atoms with Crippen molar-refractivity contribution in [2.24, 2.45) is 0 Å². The molecule has 2 rings (SSSR count). The van der Waals surface area contributed by atoms with Crippen LogP contribution in [0.5, 0.6) is 0 Å². The Hall–Kier alpha value is -1.45. The lowest BCUT2D eigenvalue weighted by Gasteiger charge is -2.11. The van der Waals surface area contributed by atoms with Gasteiger partial charge in [0.1, 0.15) is 0 Å². The predicted octanol–water partition coefficient (Wildman–Crippen LogP) is 5.47. The summed E-state index contributed by atoms with van der Waals surface area (Å²) < 4.78 is 0. The van der Waals surface area contributed by atoms with Crippen LogP contribution in [0.15, 0.2) is 47.4 Å². The zero-order valence-electron chi connectivity index (χ0n) is 12.9. The van der Waals surface area contributed by atoms with E-state index >= 15 is 0 Å². The highest BCUT2D eigenvalue weighted by molar-refractivity contribution is 7.99. The number of amides is 1. The molecule has 0 spiro atoms. The highest BCUT2D eigenvalue weighted by Crippen LogP contribution is 2.22. The third-order valence-corrected chi connectivity index (χ3v) is 4.73. The molecule has 0 aliphatic heterocycles. The van der Waals surface area contributed by atoms with Crippen LogP contribution in [0, 0.1) is 13.8 Å². The molecule has 116 valence electrons. The van der Waals surface area contributed by atoms with Gasteiger partial charge >= 0.3 is 0 Å². The molecule has 2 nitrogen and oxygen atoms in total. The topological polar surface area (TPSA) is 29.1 Å². The second-order valence-electron chi connectivity index (χ2n) is 5.22. The average molecular weight is 334 g/mol. The van der Waals surface area contributed by atoms with Gasteiger partial charge in [0.2, 0.25) is 5.91 Å². The molecule has 2 aromatic carbocycles. The molecule has 0 saturated carbocycles. The zero-order chi connectivity index (χ0) is 15.9. The minimum Gasteiger partial charge on any atom is -0.326 e. The van der Waals surface area contributed by atoms with Gasteiger partial charge in [-0.2, -0.15) is 0 Å². The number of carbonyl (C=O) groups is 1. The van der Waals surface area contributed by atoms with Crippen LogP contribution in [-0.2, 0) is 4.79 Å². The van der Waals surface area contributed by atoms with Gasteiger partial charge in [-0.3, -0.25) is 4.79 Å². The first kappa shape index (κ1) is 16.9. The summed E-state index contributed by atoms with van der Waals surface area (Å²) >= 11 is 7.60. The number of hydrogen-bond donors (Lipinski definition) is 1. The van der Waals surface area contributed by atoms with E-state index in [4.69, 9.17) is 11.6 Å². The van der Waals surface area contributed by atoms with Gasteiger partial charge in [-0.1, -0.05) is 29.8 Å².